The largest absolute Gasteiger partial charge is 0.268 e. The van der Waals surface area contributed by atoms with Crippen LogP contribution in [0.15, 0.2) is 29.1 Å². The normalized spacial score (nSPS) is 14.2. The number of nitrogens with zero attached hydrogens (tertiary/aromatic N) is 2. The standard InChI is InChI=1S/C13H10N2O2S/c1-2-8-4-3-5-9-11(8)13(17)15(12(9)16)10-6-18-7-14-10/h3-7H,2H2,1H3. The van der Waals surface area contributed by atoms with Crippen LogP contribution in [0.3, 0.4) is 0 Å². The number of carbonyl (C=O) groups excluding carboxylic acids is 2. The van der Waals surface area contributed by atoms with E-state index in [0.29, 0.717) is 16.9 Å². The Bertz CT molecular complexity index is 634. The second-order valence-electron chi connectivity index (χ2n) is 3.99. The molecule has 1 aliphatic rings. The van der Waals surface area contributed by atoms with Crippen molar-refractivity contribution in [3.8, 4) is 0 Å². The average Bonchev–Trinajstić information content (AvgIpc) is 2.98. The van der Waals surface area contributed by atoms with Gasteiger partial charge in [-0.3, -0.25) is 9.59 Å². The van der Waals surface area contributed by atoms with Crippen molar-refractivity contribution < 1.29 is 9.59 Å². The first-order valence-electron chi connectivity index (χ1n) is 5.63. The lowest BCUT2D eigenvalue weighted by atomic mass is 10.0. The smallest absolute Gasteiger partial charge is 0.267 e. The first-order chi connectivity index (χ1) is 8.74. The van der Waals surface area contributed by atoms with Crippen molar-refractivity contribution in [3.05, 3.63) is 45.8 Å². The Morgan fingerprint density at radius 3 is 2.78 bits per heavy atom. The lowest BCUT2D eigenvalue weighted by Gasteiger charge is -2.09. The molecule has 0 saturated carbocycles. The summed E-state index contributed by atoms with van der Waals surface area (Å²) in [6.07, 6.45) is 0.729. The maximum atomic E-state index is 12.4. The average molecular weight is 258 g/mol. The second kappa shape index (κ2) is 4.03. The van der Waals surface area contributed by atoms with Gasteiger partial charge < -0.3 is 0 Å². The molecule has 4 nitrogen and oxygen atoms in total. The van der Waals surface area contributed by atoms with Gasteiger partial charge in [0, 0.05) is 5.38 Å². The van der Waals surface area contributed by atoms with Crippen molar-refractivity contribution >= 4 is 29.0 Å². The summed E-state index contributed by atoms with van der Waals surface area (Å²) >= 11 is 1.36. The number of aryl methyl sites for hydroxylation is 1. The molecule has 0 saturated heterocycles. The van der Waals surface area contributed by atoms with E-state index in [1.54, 1.807) is 17.0 Å². The number of imide groups is 1. The fourth-order valence-electron chi connectivity index (χ4n) is 2.17. The van der Waals surface area contributed by atoms with Gasteiger partial charge in [0.2, 0.25) is 0 Å². The van der Waals surface area contributed by atoms with Crippen LogP contribution < -0.4 is 4.90 Å². The van der Waals surface area contributed by atoms with E-state index >= 15 is 0 Å². The van der Waals surface area contributed by atoms with E-state index in [0.717, 1.165) is 16.9 Å². The van der Waals surface area contributed by atoms with Gasteiger partial charge in [-0.2, -0.15) is 0 Å². The van der Waals surface area contributed by atoms with Crippen LogP contribution in [0, 0.1) is 0 Å². The summed E-state index contributed by atoms with van der Waals surface area (Å²) in [5.41, 5.74) is 3.52. The van der Waals surface area contributed by atoms with E-state index in [9.17, 15) is 9.59 Å². The van der Waals surface area contributed by atoms with Crippen molar-refractivity contribution in [1.82, 2.24) is 4.98 Å². The molecule has 0 unspecified atom stereocenters. The van der Waals surface area contributed by atoms with Gasteiger partial charge in [-0.05, 0) is 18.1 Å². The minimum atomic E-state index is -0.281. The van der Waals surface area contributed by atoms with Gasteiger partial charge in [-0.25, -0.2) is 9.88 Å². The van der Waals surface area contributed by atoms with E-state index in [1.165, 1.54) is 11.3 Å². The van der Waals surface area contributed by atoms with Gasteiger partial charge in [0.25, 0.3) is 11.8 Å². The zero-order valence-corrected chi connectivity index (χ0v) is 10.5. The lowest BCUT2D eigenvalue weighted by Crippen LogP contribution is -2.29. The van der Waals surface area contributed by atoms with Crippen LogP contribution >= 0.6 is 11.3 Å². The fraction of sp³-hybridized carbons (Fsp3) is 0.154. The molecular formula is C13H10N2O2S. The molecule has 2 heterocycles. The van der Waals surface area contributed by atoms with E-state index < -0.39 is 0 Å². The number of thiazole rings is 1. The maximum Gasteiger partial charge on any atom is 0.267 e. The number of hydrogen-bond acceptors (Lipinski definition) is 4. The van der Waals surface area contributed by atoms with E-state index in [-0.39, 0.29) is 11.8 Å². The molecule has 1 aliphatic heterocycles. The molecule has 5 heteroatoms. The van der Waals surface area contributed by atoms with Crippen molar-refractivity contribution in [3.63, 3.8) is 0 Å². The summed E-state index contributed by atoms with van der Waals surface area (Å²) in [5, 5.41) is 1.70. The Balaban J connectivity index is 2.17. The molecule has 0 N–H and O–H groups in total. The van der Waals surface area contributed by atoms with Crippen LogP contribution in [0.4, 0.5) is 5.82 Å². The topological polar surface area (TPSA) is 50.3 Å². The predicted molar refractivity (Wildman–Crippen MR) is 69.1 cm³/mol. The molecule has 1 aromatic carbocycles. The van der Waals surface area contributed by atoms with Crippen LogP contribution in [-0.2, 0) is 6.42 Å². The van der Waals surface area contributed by atoms with E-state index in [1.807, 2.05) is 19.1 Å². The fourth-order valence-corrected chi connectivity index (χ4v) is 2.69. The quantitative estimate of drug-likeness (QED) is 0.778. The first kappa shape index (κ1) is 11.1. The molecule has 0 radical (unpaired) electrons. The Hall–Kier alpha value is -2.01. The molecule has 90 valence electrons. The molecule has 0 bridgehead atoms. The summed E-state index contributed by atoms with van der Waals surface area (Å²) in [6.45, 7) is 1.97. The molecule has 0 atom stereocenters. The Morgan fingerprint density at radius 2 is 2.11 bits per heavy atom. The molecule has 0 spiro atoms. The molecule has 2 aromatic rings. The lowest BCUT2D eigenvalue weighted by molar-refractivity contribution is 0.0925. The molecule has 1 aromatic heterocycles. The van der Waals surface area contributed by atoms with Gasteiger partial charge in [0.15, 0.2) is 5.82 Å². The first-order valence-corrected chi connectivity index (χ1v) is 6.57. The van der Waals surface area contributed by atoms with Gasteiger partial charge in [-0.1, -0.05) is 19.1 Å². The molecule has 18 heavy (non-hydrogen) atoms. The third-order valence-electron chi connectivity index (χ3n) is 3.03. The Labute approximate surface area is 108 Å². The van der Waals surface area contributed by atoms with E-state index in [2.05, 4.69) is 4.98 Å². The number of anilines is 1. The minimum Gasteiger partial charge on any atom is -0.268 e. The summed E-state index contributed by atoms with van der Waals surface area (Å²) in [4.78, 5) is 29.8. The molecule has 0 aliphatic carbocycles. The molecule has 0 fully saturated rings. The van der Waals surface area contributed by atoms with Crippen LogP contribution in [-0.4, -0.2) is 16.8 Å². The van der Waals surface area contributed by atoms with Crippen LogP contribution in [0.25, 0.3) is 0 Å². The summed E-state index contributed by atoms with van der Waals surface area (Å²) in [7, 11) is 0. The number of fused-ring (bicyclic) bond motifs is 1. The van der Waals surface area contributed by atoms with Crippen molar-refractivity contribution in [2.45, 2.75) is 13.3 Å². The number of rotatable bonds is 2. The van der Waals surface area contributed by atoms with Gasteiger partial charge in [0.1, 0.15) is 0 Å². The maximum absolute atomic E-state index is 12.4. The third-order valence-corrected chi connectivity index (χ3v) is 3.60. The van der Waals surface area contributed by atoms with Crippen LogP contribution in [0.1, 0.15) is 33.2 Å². The van der Waals surface area contributed by atoms with Crippen LogP contribution in [0.2, 0.25) is 0 Å². The third kappa shape index (κ3) is 1.41. The summed E-state index contributed by atoms with van der Waals surface area (Å²) in [6, 6.07) is 5.39. The van der Waals surface area contributed by atoms with Crippen LogP contribution in [0.5, 0.6) is 0 Å². The molecular weight excluding hydrogens is 248 g/mol. The Morgan fingerprint density at radius 1 is 1.28 bits per heavy atom. The second-order valence-corrected chi connectivity index (χ2v) is 4.70. The molecule has 3 rings (SSSR count). The highest BCUT2D eigenvalue weighted by molar-refractivity contribution is 7.08. The SMILES string of the molecule is CCc1cccc2c1C(=O)N(c1cscn1)C2=O. The van der Waals surface area contributed by atoms with Gasteiger partial charge >= 0.3 is 0 Å². The van der Waals surface area contributed by atoms with Crippen molar-refractivity contribution in [2.24, 2.45) is 0 Å². The Kier molecular flexibility index (Phi) is 2.48. The van der Waals surface area contributed by atoms with Gasteiger partial charge in [0.05, 0.1) is 16.6 Å². The number of hydrogen-bond donors (Lipinski definition) is 0. The highest BCUT2D eigenvalue weighted by Crippen LogP contribution is 2.30. The zero-order valence-electron chi connectivity index (χ0n) is 9.71. The number of carbonyl (C=O) groups is 2. The highest BCUT2D eigenvalue weighted by atomic mass is 32.1. The van der Waals surface area contributed by atoms with Crippen molar-refractivity contribution in [2.75, 3.05) is 4.90 Å². The number of aromatic nitrogens is 1. The van der Waals surface area contributed by atoms with Gasteiger partial charge in [-0.15, -0.1) is 11.3 Å². The molecule has 2 amide bonds. The van der Waals surface area contributed by atoms with Crippen molar-refractivity contribution in [1.29, 1.82) is 0 Å². The van der Waals surface area contributed by atoms with E-state index in [4.69, 9.17) is 0 Å². The number of amides is 2. The minimum absolute atomic E-state index is 0.265. The highest BCUT2D eigenvalue weighted by Gasteiger charge is 2.38. The summed E-state index contributed by atoms with van der Waals surface area (Å²) < 4.78 is 0. The summed E-state index contributed by atoms with van der Waals surface area (Å²) in [5.74, 6) is -0.136. The predicted octanol–water partition coefficient (Wildman–Crippen LogP) is 2.51. The zero-order chi connectivity index (χ0) is 12.7. The number of benzene rings is 1. The monoisotopic (exact) mass is 258 g/mol.